The van der Waals surface area contributed by atoms with Crippen LogP contribution in [0.2, 0.25) is 0 Å². The highest BCUT2D eigenvalue weighted by atomic mass is 16.5. The van der Waals surface area contributed by atoms with E-state index in [1.54, 1.807) is 31.2 Å². The van der Waals surface area contributed by atoms with Crippen LogP contribution < -0.4 is 15.4 Å². The van der Waals surface area contributed by atoms with Crippen molar-refractivity contribution >= 4 is 23.4 Å². The summed E-state index contributed by atoms with van der Waals surface area (Å²) >= 11 is 0. The van der Waals surface area contributed by atoms with Gasteiger partial charge in [-0.3, -0.25) is 14.4 Å². The van der Waals surface area contributed by atoms with Gasteiger partial charge in [-0.1, -0.05) is 6.92 Å². The van der Waals surface area contributed by atoms with Crippen LogP contribution in [0, 0.1) is 17.8 Å². The fourth-order valence-electron chi connectivity index (χ4n) is 6.32. The molecule has 9 nitrogen and oxygen atoms in total. The molecule has 3 fully saturated rings. The van der Waals surface area contributed by atoms with E-state index in [1.165, 1.54) is 4.90 Å². The van der Waals surface area contributed by atoms with E-state index in [4.69, 9.17) is 9.47 Å². The van der Waals surface area contributed by atoms with Gasteiger partial charge < -0.3 is 30.1 Å². The fraction of sp³-hybridized carbons (Fsp3) is 0.654. The number of nitrogens with zero attached hydrogens (tertiary/aromatic N) is 1. The van der Waals surface area contributed by atoms with Crippen LogP contribution in [-0.4, -0.2) is 70.3 Å². The Morgan fingerprint density at radius 2 is 1.89 bits per heavy atom. The summed E-state index contributed by atoms with van der Waals surface area (Å²) in [6, 6.07) is 5.43. The van der Waals surface area contributed by atoms with Crippen LogP contribution in [-0.2, 0) is 19.1 Å². The molecule has 3 amide bonds. The second kappa shape index (κ2) is 9.09. The maximum Gasteiger partial charge on any atom is 0.246 e. The zero-order chi connectivity index (χ0) is 25.7. The zero-order valence-electron chi connectivity index (χ0n) is 21.3. The van der Waals surface area contributed by atoms with E-state index in [-0.39, 0.29) is 36.3 Å². The van der Waals surface area contributed by atoms with Gasteiger partial charge in [0.15, 0.2) is 0 Å². The third kappa shape index (κ3) is 3.89. The van der Waals surface area contributed by atoms with Crippen molar-refractivity contribution in [1.82, 2.24) is 10.2 Å². The molecule has 0 aliphatic carbocycles. The van der Waals surface area contributed by atoms with E-state index < -0.39 is 35.1 Å². The Balaban J connectivity index is 1.71. The molecular weight excluding hydrogens is 450 g/mol. The fourth-order valence-corrected chi connectivity index (χ4v) is 6.32. The van der Waals surface area contributed by atoms with Crippen LogP contribution >= 0.6 is 0 Å². The van der Waals surface area contributed by atoms with Crippen LogP contribution in [0.3, 0.4) is 0 Å². The number of nitrogens with one attached hydrogen (secondary N) is 2. The maximum atomic E-state index is 13.9. The van der Waals surface area contributed by atoms with Crippen molar-refractivity contribution in [3.63, 3.8) is 0 Å². The molecule has 3 heterocycles. The Bertz CT molecular complexity index is 997. The molecule has 1 aromatic rings. The number of ether oxygens (including phenoxy) is 2. The lowest BCUT2D eigenvalue weighted by atomic mass is 9.62. The van der Waals surface area contributed by atoms with Gasteiger partial charge in [-0.15, -0.1) is 0 Å². The topological polar surface area (TPSA) is 117 Å². The molecule has 1 spiro atoms. The van der Waals surface area contributed by atoms with E-state index >= 15 is 0 Å². The van der Waals surface area contributed by atoms with Gasteiger partial charge in [-0.05, 0) is 71.2 Å². The number of rotatable bonds is 8. The molecule has 4 rings (SSSR count). The van der Waals surface area contributed by atoms with Gasteiger partial charge in [-0.25, -0.2) is 0 Å². The minimum atomic E-state index is -1.13. The molecular formula is C26H37N3O6. The highest BCUT2D eigenvalue weighted by Crippen LogP contribution is 2.65. The van der Waals surface area contributed by atoms with E-state index in [9.17, 15) is 19.5 Å². The number of aliphatic hydroxyl groups is 1. The Morgan fingerprint density at radius 3 is 2.46 bits per heavy atom. The van der Waals surface area contributed by atoms with Crippen molar-refractivity contribution in [2.24, 2.45) is 17.8 Å². The Kier molecular flexibility index (Phi) is 6.61. The van der Waals surface area contributed by atoms with Crippen molar-refractivity contribution < 1.29 is 29.0 Å². The number of amides is 3. The van der Waals surface area contributed by atoms with E-state index in [0.29, 0.717) is 24.5 Å². The van der Waals surface area contributed by atoms with Crippen molar-refractivity contribution in [2.75, 3.05) is 18.5 Å². The summed E-state index contributed by atoms with van der Waals surface area (Å²) < 4.78 is 12.1. The lowest BCUT2D eigenvalue weighted by Crippen LogP contribution is -2.58. The van der Waals surface area contributed by atoms with Gasteiger partial charge in [0.05, 0.1) is 36.7 Å². The molecule has 1 aromatic carbocycles. The first kappa shape index (κ1) is 25.4. The van der Waals surface area contributed by atoms with Crippen molar-refractivity contribution in [2.45, 2.75) is 77.3 Å². The molecule has 0 saturated carbocycles. The molecule has 0 aromatic heterocycles. The molecule has 3 aliphatic rings. The largest absolute Gasteiger partial charge is 0.494 e. The summed E-state index contributed by atoms with van der Waals surface area (Å²) in [7, 11) is 0. The van der Waals surface area contributed by atoms with E-state index in [0.717, 1.165) is 0 Å². The first-order valence-corrected chi connectivity index (χ1v) is 12.5. The quantitative estimate of drug-likeness (QED) is 0.516. The van der Waals surface area contributed by atoms with Gasteiger partial charge >= 0.3 is 0 Å². The zero-order valence-corrected chi connectivity index (χ0v) is 21.3. The second-order valence-corrected chi connectivity index (χ2v) is 10.6. The van der Waals surface area contributed by atoms with Gasteiger partial charge in [0.2, 0.25) is 17.7 Å². The Hall–Kier alpha value is -2.65. The molecule has 3 N–H and O–H groups in total. The average Bonchev–Trinajstić information content (AvgIpc) is 3.31. The number of hydrogen-bond donors (Lipinski definition) is 3. The van der Waals surface area contributed by atoms with E-state index in [2.05, 4.69) is 10.6 Å². The number of benzene rings is 1. The summed E-state index contributed by atoms with van der Waals surface area (Å²) in [6.45, 7) is 11.4. The van der Waals surface area contributed by atoms with Crippen molar-refractivity contribution in [3.05, 3.63) is 24.3 Å². The minimum absolute atomic E-state index is 0.0543. The SMILES string of the molecule is CCOc1ccc(NC(=O)[C@@H]2[C@H]3C(=O)N([C@H](C)CO)C(C(=O)NC(C)C)C34CC(C)[C@@]2(C)O4)cc1. The molecule has 0 radical (unpaired) electrons. The summed E-state index contributed by atoms with van der Waals surface area (Å²) in [6.07, 6.45) is 0.484. The molecule has 9 heteroatoms. The number of fused-ring (bicyclic) bond motifs is 1. The smallest absolute Gasteiger partial charge is 0.246 e. The Labute approximate surface area is 206 Å². The number of hydrogen-bond acceptors (Lipinski definition) is 6. The first-order chi connectivity index (χ1) is 16.5. The van der Waals surface area contributed by atoms with Gasteiger partial charge in [-0.2, -0.15) is 0 Å². The standard InChI is InChI=1S/C26H37N3O6/c1-7-34-18-10-8-17(9-11-18)28-22(31)19-20-24(33)29(16(5)13-30)21(23(32)27-14(2)3)26(20)12-15(4)25(19,6)35-26/h8-11,14-16,19-21,30H,7,12-13H2,1-6H3,(H,27,32)(H,28,31)/t15?,16-,19+,20+,21?,25-,26?/m1/s1. The Morgan fingerprint density at radius 1 is 1.23 bits per heavy atom. The van der Waals surface area contributed by atoms with Crippen molar-refractivity contribution in [3.8, 4) is 5.75 Å². The highest BCUT2D eigenvalue weighted by molar-refractivity contribution is 6.02. The van der Waals surface area contributed by atoms with Crippen LogP contribution in [0.4, 0.5) is 5.69 Å². The second-order valence-electron chi connectivity index (χ2n) is 10.6. The summed E-state index contributed by atoms with van der Waals surface area (Å²) in [5.41, 5.74) is -1.44. The summed E-state index contributed by atoms with van der Waals surface area (Å²) in [5, 5.41) is 15.8. The van der Waals surface area contributed by atoms with Crippen LogP contribution in [0.1, 0.15) is 48.0 Å². The number of likely N-dealkylation sites (tertiary alicyclic amines) is 1. The molecule has 7 atom stereocenters. The third-order valence-corrected chi connectivity index (χ3v) is 7.89. The van der Waals surface area contributed by atoms with Crippen LogP contribution in [0.5, 0.6) is 5.75 Å². The number of carbonyl (C=O) groups excluding carboxylic acids is 3. The predicted molar refractivity (Wildman–Crippen MR) is 130 cm³/mol. The van der Waals surface area contributed by atoms with Gasteiger partial charge in [0.25, 0.3) is 0 Å². The van der Waals surface area contributed by atoms with E-state index in [1.807, 2.05) is 34.6 Å². The lowest BCUT2D eigenvalue weighted by Gasteiger charge is -2.36. The average molecular weight is 488 g/mol. The molecule has 2 bridgehead atoms. The molecule has 3 saturated heterocycles. The minimum Gasteiger partial charge on any atom is -0.494 e. The number of aliphatic hydroxyl groups excluding tert-OH is 1. The monoisotopic (exact) mass is 487 g/mol. The van der Waals surface area contributed by atoms with Crippen LogP contribution in [0.15, 0.2) is 24.3 Å². The third-order valence-electron chi connectivity index (χ3n) is 7.89. The summed E-state index contributed by atoms with van der Waals surface area (Å²) in [5.74, 6) is -1.91. The molecule has 35 heavy (non-hydrogen) atoms. The predicted octanol–water partition coefficient (Wildman–Crippen LogP) is 1.94. The molecule has 192 valence electrons. The number of anilines is 1. The normalized spacial score (nSPS) is 34.2. The first-order valence-electron chi connectivity index (χ1n) is 12.5. The summed E-state index contributed by atoms with van der Waals surface area (Å²) in [4.78, 5) is 42.5. The van der Waals surface area contributed by atoms with Gasteiger partial charge in [0, 0.05) is 11.7 Å². The van der Waals surface area contributed by atoms with Crippen LogP contribution in [0.25, 0.3) is 0 Å². The molecule has 3 unspecified atom stereocenters. The lowest BCUT2D eigenvalue weighted by molar-refractivity contribution is -0.149. The highest BCUT2D eigenvalue weighted by Gasteiger charge is 2.80. The molecule has 3 aliphatic heterocycles. The maximum absolute atomic E-state index is 13.9. The van der Waals surface area contributed by atoms with Gasteiger partial charge in [0.1, 0.15) is 17.4 Å². The van der Waals surface area contributed by atoms with Crippen molar-refractivity contribution in [1.29, 1.82) is 0 Å². The number of carbonyl (C=O) groups is 3.